The number of amides is 1. The molecule has 0 bridgehead atoms. The summed E-state index contributed by atoms with van der Waals surface area (Å²) in [7, 11) is -0.953. The van der Waals surface area contributed by atoms with Crippen molar-refractivity contribution in [3.63, 3.8) is 0 Å². The van der Waals surface area contributed by atoms with Crippen molar-refractivity contribution in [2.45, 2.75) is 11.8 Å². The van der Waals surface area contributed by atoms with E-state index in [2.05, 4.69) is 26.5 Å². The molecule has 9 heteroatoms. The second kappa shape index (κ2) is 9.12. The second-order valence-corrected chi connectivity index (χ2v) is 8.61. The van der Waals surface area contributed by atoms with Crippen molar-refractivity contribution in [3.05, 3.63) is 58.1 Å². The maximum Gasteiger partial charge on any atom is 0.255 e. The summed E-state index contributed by atoms with van der Waals surface area (Å²) in [6.07, 6.45) is 1.48. The minimum absolute atomic E-state index is 0.0906. The van der Waals surface area contributed by atoms with Crippen LogP contribution in [0.3, 0.4) is 0 Å². The zero-order chi connectivity index (χ0) is 20.0. The van der Waals surface area contributed by atoms with E-state index >= 15 is 0 Å². The topological polar surface area (TPSA) is 88.1 Å². The van der Waals surface area contributed by atoms with Gasteiger partial charge in [-0.25, -0.2) is 13.8 Å². The number of benzene rings is 2. The summed E-state index contributed by atoms with van der Waals surface area (Å²) in [4.78, 5) is 12.1. The largest absolute Gasteiger partial charge is 0.496 e. The molecule has 0 aliphatic carbocycles. The fourth-order valence-electron chi connectivity index (χ4n) is 2.27. The van der Waals surface area contributed by atoms with Crippen LogP contribution in [0.4, 0.5) is 0 Å². The molecule has 7 nitrogen and oxygen atoms in total. The second-order valence-electron chi connectivity index (χ2n) is 5.71. The zero-order valence-corrected chi connectivity index (χ0v) is 17.5. The summed E-state index contributed by atoms with van der Waals surface area (Å²) in [6.45, 7) is 1.39. The van der Waals surface area contributed by atoms with Crippen molar-refractivity contribution >= 4 is 38.1 Å². The summed E-state index contributed by atoms with van der Waals surface area (Å²) in [5.41, 5.74) is 3.80. The fourth-order valence-corrected chi connectivity index (χ4v) is 3.87. The number of nitrogens with zero attached hydrogens (tertiary/aromatic N) is 2. The van der Waals surface area contributed by atoms with Crippen molar-refractivity contribution < 1.29 is 17.9 Å². The molecule has 1 N–H and O–H groups in total. The molecule has 144 valence electrons. The quantitative estimate of drug-likeness (QED) is 0.515. The predicted octanol–water partition coefficient (Wildman–Crippen LogP) is 2.54. The van der Waals surface area contributed by atoms with Gasteiger partial charge in [0.25, 0.3) is 5.91 Å². The number of ether oxygens (including phenoxy) is 1. The Morgan fingerprint density at radius 1 is 1.30 bits per heavy atom. The summed E-state index contributed by atoms with van der Waals surface area (Å²) in [6, 6.07) is 11.9. The number of likely N-dealkylation sites (N-methyl/N-ethyl adjacent to an activating group) is 1. The van der Waals surface area contributed by atoms with E-state index in [4.69, 9.17) is 4.74 Å². The minimum Gasteiger partial charge on any atom is -0.496 e. The van der Waals surface area contributed by atoms with Gasteiger partial charge in [0, 0.05) is 17.1 Å². The monoisotopic (exact) mass is 453 g/mol. The third-order valence-corrected chi connectivity index (χ3v) is 6.26. The molecule has 2 aromatic carbocycles. The summed E-state index contributed by atoms with van der Waals surface area (Å²) >= 11 is 3.37. The molecule has 0 atom stereocenters. The van der Waals surface area contributed by atoms with Gasteiger partial charge in [0.1, 0.15) is 5.75 Å². The average Bonchev–Trinajstić information content (AvgIpc) is 2.63. The lowest BCUT2D eigenvalue weighted by Crippen LogP contribution is -2.36. The number of nitrogens with one attached hydrogen (secondary N) is 1. The average molecular weight is 454 g/mol. The van der Waals surface area contributed by atoms with Crippen LogP contribution in [0.5, 0.6) is 5.75 Å². The first-order valence-corrected chi connectivity index (χ1v) is 10.2. The lowest BCUT2D eigenvalue weighted by atomic mass is 10.2. The standard InChI is InChI=1S/C18H20BrN3O4S/c1-13-10-15(8-9-17(13)26-3)27(24,25)22(2)12-18(23)21-20-11-14-6-4-5-7-16(14)19/h4-11H,12H2,1-3H3,(H,21,23). The lowest BCUT2D eigenvalue weighted by molar-refractivity contribution is -0.121. The molecular weight excluding hydrogens is 434 g/mol. The van der Waals surface area contributed by atoms with Crippen LogP contribution in [0, 0.1) is 6.92 Å². The van der Waals surface area contributed by atoms with Gasteiger partial charge in [0.15, 0.2) is 0 Å². The van der Waals surface area contributed by atoms with Crippen LogP contribution in [-0.4, -0.2) is 45.5 Å². The van der Waals surface area contributed by atoms with E-state index in [0.29, 0.717) is 11.3 Å². The molecule has 0 spiro atoms. The van der Waals surface area contributed by atoms with Crippen LogP contribution < -0.4 is 10.2 Å². The highest BCUT2D eigenvalue weighted by atomic mass is 79.9. The van der Waals surface area contributed by atoms with E-state index in [-0.39, 0.29) is 11.4 Å². The Labute approximate surface area is 167 Å². The molecule has 27 heavy (non-hydrogen) atoms. The van der Waals surface area contributed by atoms with Gasteiger partial charge in [-0.2, -0.15) is 9.41 Å². The summed E-state index contributed by atoms with van der Waals surface area (Å²) in [5.74, 6) is 0.0466. The molecule has 2 rings (SSSR count). The normalized spacial score (nSPS) is 11.7. The molecular formula is C18H20BrN3O4S. The number of methoxy groups -OCH3 is 1. The Kier molecular flexibility index (Phi) is 7.11. The molecule has 0 heterocycles. The third kappa shape index (κ3) is 5.38. The Bertz CT molecular complexity index is 961. The van der Waals surface area contributed by atoms with Gasteiger partial charge >= 0.3 is 0 Å². The number of carbonyl (C=O) groups excluding carboxylic acids is 1. The number of aryl methyl sites for hydroxylation is 1. The predicted molar refractivity (Wildman–Crippen MR) is 107 cm³/mol. The Balaban J connectivity index is 2.02. The van der Waals surface area contributed by atoms with Crippen LogP contribution in [-0.2, 0) is 14.8 Å². The number of sulfonamides is 1. The van der Waals surface area contributed by atoms with Crippen LogP contribution >= 0.6 is 15.9 Å². The highest BCUT2D eigenvalue weighted by Crippen LogP contribution is 2.23. The Hall–Kier alpha value is -2.23. The number of carbonyl (C=O) groups is 1. The number of hydrogen-bond donors (Lipinski definition) is 1. The highest BCUT2D eigenvalue weighted by Gasteiger charge is 2.23. The van der Waals surface area contributed by atoms with Crippen LogP contribution in [0.15, 0.2) is 56.9 Å². The lowest BCUT2D eigenvalue weighted by Gasteiger charge is -2.17. The van der Waals surface area contributed by atoms with Crippen molar-refractivity contribution in [2.24, 2.45) is 5.10 Å². The van der Waals surface area contributed by atoms with Crippen LogP contribution in [0.25, 0.3) is 0 Å². The summed E-state index contributed by atoms with van der Waals surface area (Å²) < 4.78 is 32.2. The maximum absolute atomic E-state index is 12.6. The molecule has 1 amide bonds. The van der Waals surface area contributed by atoms with Gasteiger partial charge in [-0.1, -0.05) is 34.1 Å². The van der Waals surface area contributed by atoms with Gasteiger partial charge in [-0.15, -0.1) is 0 Å². The molecule has 0 aromatic heterocycles. The first-order valence-electron chi connectivity index (χ1n) is 7.93. The molecule has 0 unspecified atom stereocenters. The van der Waals surface area contributed by atoms with Gasteiger partial charge in [-0.05, 0) is 36.8 Å². The third-order valence-electron chi connectivity index (χ3n) is 3.74. The Morgan fingerprint density at radius 3 is 2.63 bits per heavy atom. The molecule has 0 aliphatic heterocycles. The molecule has 0 saturated heterocycles. The summed E-state index contributed by atoms with van der Waals surface area (Å²) in [5, 5.41) is 3.85. The first-order chi connectivity index (χ1) is 12.8. The molecule has 0 fully saturated rings. The van der Waals surface area contributed by atoms with Crippen LogP contribution in [0.1, 0.15) is 11.1 Å². The van der Waals surface area contributed by atoms with Gasteiger partial charge in [-0.3, -0.25) is 4.79 Å². The maximum atomic E-state index is 12.6. The molecule has 0 aliphatic rings. The Morgan fingerprint density at radius 2 is 2.00 bits per heavy atom. The first kappa shape index (κ1) is 21.1. The fraction of sp³-hybridized carbons (Fsp3) is 0.222. The van der Waals surface area contributed by atoms with E-state index in [1.54, 1.807) is 13.0 Å². The zero-order valence-electron chi connectivity index (χ0n) is 15.1. The van der Waals surface area contributed by atoms with E-state index in [1.807, 2.05) is 24.3 Å². The van der Waals surface area contributed by atoms with Crippen molar-refractivity contribution in [1.82, 2.24) is 9.73 Å². The number of hydrazone groups is 1. The van der Waals surface area contributed by atoms with E-state index in [1.165, 1.54) is 32.5 Å². The molecule has 0 saturated carbocycles. The van der Waals surface area contributed by atoms with Gasteiger partial charge < -0.3 is 4.74 Å². The van der Waals surface area contributed by atoms with Crippen molar-refractivity contribution in [1.29, 1.82) is 0 Å². The smallest absolute Gasteiger partial charge is 0.255 e. The number of hydrogen-bond acceptors (Lipinski definition) is 5. The SMILES string of the molecule is COc1ccc(S(=O)(=O)N(C)CC(=O)NN=Cc2ccccc2Br)cc1C. The number of halogens is 1. The highest BCUT2D eigenvalue weighted by molar-refractivity contribution is 9.10. The molecule has 0 radical (unpaired) electrons. The van der Waals surface area contributed by atoms with Gasteiger partial charge in [0.05, 0.1) is 24.8 Å². The van der Waals surface area contributed by atoms with E-state index in [9.17, 15) is 13.2 Å². The molecule has 2 aromatic rings. The van der Waals surface area contributed by atoms with Crippen molar-refractivity contribution in [2.75, 3.05) is 20.7 Å². The van der Waals surface area contributed by atoms with E-state index < -0.39 is 15.9 Å². The van der Waals surface area contributed by atoms with Crippen LogP contribution in [0.2, 0.25) is 0 Å². The van der Waals surface area contributed by atoms with Crippen molar-refractivity contribution in [3.8, 4) is 5.75 Å². The number of rotatable bonds is 7. The van der Waals surface area contributed by atoms with Gasteiger partial charge in [0.2, 0.25) is 10.0 Å². The minimum atomic E-state index is -3.81. The van der Waals surface area contributed by atoms with E-state index in [0.717, 1.165) is 14.3 Å².